The fraction of sp³-hybridized carbons (Fsp3) is 0.300. The van der Waals surface area contributed by atoms with Crippen LogP contribution < -0.4 is 10.6 Å². The molecular formula is C20H21N7O. The Morgan fingerprint density at radius 1 is 1.21 bits per heavy atom. The van der Waals surface area contributed by atoms with Gasteiger partial charge in [0.15, 0.2) is 5.82 Å². The van der Waals surface area contributed by atoms with E-state index in [4.69, 9.17) is 5.73 Å². The van der Waals surface area contributed by atoms with Gasteiger partial charge in [0.1, 0.15) is 23.1 Å². The van der Waals surface area contributed by atoms with E-state index in [1.54, 1.807) is 10.7 Å². The van der Waals surface area contributed by atoms with E-state index in [-0.39, 0.29) is 11.7 Å². The number of nitrogens with two attached hydrogens (primary N) is 1. The quantitative estimate of drug-likeness (QED) is 0.719. The van der Waals surface area contributed by atoms with Crippen LogP contribution in [-0.2, 0) is 0 Å². The first-order chi connectivity index (χ1) is 13.5. The molecule has 0 saturated carbocycles. The van der Waals surface area contributed by atoms with Crippen molar-refractivity contribution in [1.82, 2.24) is 19.7 Å². The zero-order valence-corrected chi connectivity index (χ0v) is 15.8. The monoisotopic (exact) mass is 375 g/mol. The minimum Gasteiger partial charge on any atom is -0.397 e. The van der Waals surface area contributed by atoms with Crippen LogP contribution in [0.4, 0.5) is 11.5 Å². The minimum absolute atomic E-state index is 0.288. The van der Waals surface area contributed by atoms with Crippen LogP contribution in [-0.4, -0.2) is 44.0 Å². The Morgan fingerprint density at radius 2 is 2.04 bits per heavy atom. The van der Waals surface area contributed by atoms with Gasteiger partial charge >= 0.3 is 0 Å². The maximum Gasteiger partial charge on any atom is 0.156 e. The van der Waals surface area contributed by atoms with Crippen molar-refractivity contribution in [1.29, 1.82) is 5.26 Å². The first-order valence-corrected chi connectivity index (χ1v) is 9.11. The summed E-state index contributed by atoms with van der Waals surface area (Å²) in [5.74, 6) is 1.29. The molecule has 8 heteroatoms. The Bertz CT molecular complexity index is 1080. The van der Waals surface area contributed by atoms with Crippen molar-refractivity contribution in [3.05, 3.63) is 47.3 Å². The van der Waals surface area contributed by atoms with E-state index in [9.17, 15) is 10.4 Å². The van der Waals surface area contributed by atoms with Crippen molar-refractivity contribution in [2.75, 3.05) is 23.7 Å². The molecule has 1 fully saturated rings. The van der Waals surface area contributed by atoms with E-state index in [0.717, 1.165) is 23.8 Å². The normalized spacial score (nSPS) is 16.4. The molecule has 1 aliphatic heterocycles. The Morgan fingerprint density at radius 3 is 2.68 bits per heavy atom. The molecule has 142 valence electrons. The minimum atomic E-state index is -0.344. The predicted molar refractivity (Wildman–Crippen MR) is 106 cm³/mol. The molecule has 28 heavy (non-hydrogen) atoms. The lowest BCUT2D eigenvalue weighted by molar-refractivity contribution is 0.198. The predicted octanol–water partition coefficient (Wildman–Crippen LogP) is 1.97. The molecule has 0 aromatic carbocycles. The van der Waals surface area contributed by atoms with Gasteiger partial charge in [0.2, 0.25) is 0 Å². The van der Waals surface area contributed by atoms with Crippen molar-refractivity contribution in [2.24, 2.45) is 0 Å². The maximum atomic E-state index is 9.81. The van der Waals surface area contributed by atoms with Gasteiger partial charge in [-0.3, -0.25) is 0 Å². The van der Waals surface area contributed by atoms with Crippen molar-refractivity contribution >= 4 is 11.5 Å². The summed E-state index contributed by atoms with van der Waals surface area (Å²) < 4.78 is 1.71. The number of rotatable bonds is 3. The Hall–Kier alpha value is -3.44. The number of hydrogen-bond acceptors (Lipinski definition) is 7. The number of aryl methyl sites for hydroxylation is 2. The summed E-state index contributed by atoms with van der Waals surface area (Å²) in [7, 11) is 0. The number of aliphatic hydroxyl groups excluding tert-OH is 1. The molecule has 0 radical (unpaired) electrons. The Balaban J connectivity index is 1.83. The van der Waals surface area contributed by atoms with E-state index in [1.807, 2.05) is 43.0 Å². The largest absolute Gasteiger partial charge is 0.397 e. The molecule has 0 aliphatic carbocycles. The molecule has 0 bridgehead atoms. The topological polar surface area (TPSA) is 117 Å². The summed E-state index contributed by atoms with van der Waals surface area (Å²) in [6, 6.07) is 11.3. The first-order valence-electron chi connectivity index (χ1n) is 9.11. The molecule has 3 aromatic heterocycles. The molecule has 8 nitrogen and oxygen atoms in total. The molecular weight excluding hydrogens is 354 g/mol. The van der Waals surface area contributed by atoms with Crippen LogP contribution >= 0.6 is 0 Å². The summed E-state index contributed by atoms with van der Waals surface area (Å²) >= 11 is 0. The Labute approximate surface area is 162 Å². The van der Waals surface area contributed by atoms with Gasteiger partial charge in [-0.25, -0.2) is 14.6 Å². The van der Waals surface area contributed by atoms with Gasteiger partial charge in [-0.1, -0.05) is 6.07 Å². The molecule has 1 aliphatic rings. The van der Waals surface area contributed by atoms with Crippen LogP contribution in [0.15, 0.2) is 30.3 Å². The van der Waals surface area contributed by atoms with E-state index >= 15 is 0 Å². The second-order valence-electron chi connectivity index (χ2n) is 7.01. The van der Waals surface area contributed by atoms with Crippen LogP contribution in [0.2, 0.25) is 0 Å². The van der Waals surface area contributed by atoms with Gasteiger partial charge < -0.3 is 15.7 Å². The van der Waals surface area contributed by atoms with Gasteiger partial charge in [-0.05, 0) is 38.5 Å². The zero-order valence-electron chi connectivity index (χ0n) is 15.8. The molecule has 1 atom stereocenters. The molecule has 0 spiro atoms. The van der Waals surface area contributed by atoms with Crippen LogP contribution in [0.5, 0.6) is 0 Å². The SMILES string of the molecule is Cc1cc(C)n(-c2cc(N)c(C#N)c(-c3cccc(N4CC[C@H](O)C4)n3)n2)n1. The number of pyridine rings is 2. The zero-order chi connectivity index (χ0) is 19.8. The molecule has 3 N–H and O–H groups in total. The molecule has 0 amide bonds. The van der Waals surface area contributed by atoms with Crippen LogP contribution in [0, 0.1) is 25.2 Å². The lowest BCUT2D eigenvalue weighted by Crippen LogP contribution is -2.22. The Kier molecular flexibility index (Phi) is 4.45. The number of hydrogen-bond donors (Lipinski definition) is 2. The van der Waals surface area contributed by atoms with Gasteiger partial charge in [0.05, 0.1) is 23.2 Å². The van der Waals surface area contributed by atoms with Crippen molar-refractivity contribution in [2.45, 2.75) is 26.4 Å². The number of aliphatic hydroxyl groups is 1. The smallest absolute Gasteiger partial charge is 0.156 e. The molecule has 3 aromatic rings. The lowest BCUT2D eigenvalue weighted by Gasteiger charge is -2.17. The number of aromatic nitrogens is 4. The molecule has 4 heterocycles. The molecule has 1 saturated heterocycles. The van der Waals surface area contributed by atoms with Crippen LogP contribution in [0.25, 0.3) is 17.2 Å². The average Bonchev–Trinajstić information content (AvgIpc) is 3.26. The highest BCUT2D eigenvalue weighted by molar-refractivity contribution is 5.74. The van der Waals surface area contributed by atoms with Crippen molar-refractivity contribution in [3.63, 3.8) is 0 Å². The fourth-order valence-corrected chi connectivity index (χ4v) is 3.50. The highest BCUT2D eigenvalue weighted by Gasteiger charge is 2.22. The average molecular weight is 375 g/mol. The number of nitrogen functional groups attached to an aromatic ring is 1. The number of anilines is 2. The van der Waals surface area contributed by atoms with Gasteiger partial charge in [-0.15, -0.1) is 0 Å². The second-order valence-corrected chi connectivity index (χ2v) is 7.01. The number of nitriles is 1. The van der Waals surface area contributed by atoms with E-state index in [1.165, 1.54) is 0 Å². The number of β-amino-alcohol motifs (C(OH)–C–C–N with tert-alkyl or cyclic N) is 1. The maximum absolute atomic E-state index is 9.81. The van der Waals surface area contributed by atoms with E-state index < -0.39 is 0 Å². The standard InChI is InChI=1S/C20H21N7O/c1-12-8-13(2)27(25-12)19-9-16(22)15(10-21)20(24-19)17-4-3-5-18(23-17)26-7-6-14(28)11-26/h3-5,8-9,14,28H,6-7,11H2,1-2H3,(H2,22,24)/t14-/m0/s1. The van der Waals surface area contributed by atoms with Gasteiger partial charge in [0.25, 0.3) is 0 Å². The third-order valence-electron chi connectivity index (χ3n) is 4.84. The third kappa shape index (κ3) is 3.17. The summed E-state index contributed by atoms with van der Waals surface area (Å²) in [6.07, 6.45) is 0.372. The molecule has 0 unspecified atom stereocenters. The first kappa shape index (κ1) is 17.9. The van der Waals surface area contributed by atoms with E-state index in [2.05, 4.69) is 21.1 Å². The fourth-order valence-electron chi connectivity index (χ4n) is 3.50. The highest BCUT2D eigenvalue weighted by atomic mass is 16.3. The van der Waals surface area contributed by atoms with Gasteiger partial charge in [-0.2, -0.15) is 10.4 Å². The lowest BCUT2D eigenvalue weighted by atomic mass is 10.1. The van der Waals surface area contributed by atoms with Gasteiger partial charge in [0, 0.05) is 24.8 Å². The van der Waals surface area contributed by atoms with Crippen molar-refractivity contribution in [3.8, 4) is 23.3 Å². The van der Waals surface area contributed by atoms with E-state index in [0.29, 0.717) is 35.9 Å². The van der Waals surface area contributed by atoms with Crippen LogP contribution in [0.3, 0.4) is 0 Å². The third-order valence-corrected chi connectivity index (χ3v) is 4.84. The summed E-state index contributed by atoms with van der Waals surface area (Å²) in [4.78, 5) is 11.4. The summed E-state index contributed by atoms with van der Waals surface area (Å²) in [5, 5.41) is 23.9. The summed E-state index contributed by atoms with van der Waals surface area (Å²) in [6.45, 7) is 5.13. The van der Waals surface area contributed by atoms with Crippen LogP contribution in [0.1, 0.15) is 23.4 Å². The van der Waals surface area contributed by atoms with Crippen molar-refractivity contribution < 1.29 is 5.11 Å². The second kappa shape index (κ2) is 6.94. The number of nitrogens with zero attached hydrogens (tertiary/aromatic N) is 6. The summed E-state index contributed by atoms with van der Waals surface area (Å²) in [5.41, 5.74) is 9.57. The highest BCUT2D eigenvalue weighted by Crippen LogP contribution is 2.29. The molecule has 4 rings (SSSR count).